The summed E-state index contributed by atoms with van der Waals surface area (Å²) in [5, 5.41) is 6.77. The summed E-state index contributed by atoms with van der Waals surface area (Å²) in [6.45, 7) is 7.65. The topological polar surface area (TPSA) is 52.7 Å². The molecule has 0 bridgehead atoms. The quantitative estimate of drug-likeness (QED) is 0.798. The highest BCUT2D eigenvalue weighted by Crippen LogP contribution is 2.24. The molecule has 1 aromatic carbocycles. The predicted octanol–water partition coefficient (Wildman–Crippen LogP) is 3.28. The lowest BCUT2D eigenvalue weighted by Crippen LogP contribution is -2.36. The van der Waals surface area contributed by atoms with Crippen molar-refractivity contribution in [1.82, 2.24) is 20.6 Å². The third-order valence-corrected chi connectivity index (χ3v) is 3.78. The minimum Gasteiger partial charge on any atom is -0.381 e. The Morgan fingerprint density at radius 2 is 1.78 bits per heavy atom. The molecule has 3 rings (SSSR count). The van der Waals surface area contributed by atoms with Gasteiger partial charge in [0, 0.05) is 22.5 Å². The molecule has 0 saturated carbocycles. The van der Waals surface area contributed by atoms with Crippen LogP contribution in [0.5, 0.6) is 0 Å². The molecule has 1 aliphatic rings. The second kappa shape index (κ2) is 6.32. The monoisotopic (exact) mass is 309 g/mol. The molecule has 0 aliphatic carbocycles. The maximum atomic E-state index is 8.51. The van der Waals surface area contributed by atoms with Crippen LogP contribution >= 0.6 is 0 Å². The molecule has 3 N–H and O–H groups in total. The zero-order chi connectivity index (χ0) is 17.2. The third kappa shape index (κ3) is 3.83. The molecule has 0 amide bonds. The average Bonchev–Trinajstić information content (AvgIpc) is 3.06. The third-order valence-electron chi connectivity index (χ3n) is 3.78. The summed E-state index contributed by atoms with van der Waals surface area (Å²) in [5.41, 5.74) is 4.81. The number of H-pyrrole nitrogens is 1. The lowest BCUT2D eigenvalue weighted by molar-refractivity contribution is 0.571. The Morgan fingerprint density at radius 1 is 1.09 bits per heavy atom. The van der Waals surface area contributed by atoms with Gasteiger partial charge in [0.2, 0.25) is 0 Å². The molecule has 1 aromatic heterocycles. The van der Waals surface area contributed by atoms with Crippen LogP contribution in [0.15, 0.2) is 48.1 Å². The van der Waals surface area contributed by atoms with Crippen LogP contribution in [0.4, 0.5) is 0 Å². The van der Waals surface area contributed by atoms with Crippen molar-refractivity contribution in [2.75, 3.05) is 13.1 Å². The summed E-state index contributed by atoms with van der Waals surface area (Å²) >= 11 is 0. The fourth-order valence-electron chi connectivity index (χ4n) is 2.57. The molecule has 1 fully saturated rings. The first-order valence-corrected chi connectivity index (χ1v) is 7.92. The molecule has 4 heteroatoms. The molecule has 0 atom stereocenters. The number of rotatable bonds is 2. The molecular weight excluding hydrogens is 284 g/mol. The molecule has 0 radical (unpaired) electrons. The molecule has 2 aromatic rings. The van der Waals surface area contributed by atoms with Crippen molar-refractivity contribution >= 4 is 12.1 Å². The van der Waals surface area contributed by atoms with Crippen molar-refractivity contribution in [3.05, 3.63) is 65.0 Å². The molecular formula is C19H24N4. The Morgan fingerprint density at radius 3 is 2.43 bits per heavy atom. The van der Waals surface area contributed by atoms with Gasteiger partial charge in [0.1, 0.15) is 0 Å². The van der Waals surface area contributed by atoms with E-state index < -0.39 is 0 Å². The molecule has 1 saturated heterocycles. The van der Waals surface area contributed by atoms with Gasteiger partial charge in [-0.15, -0.1) is 0 Å². The van der Waals surface area contributed by atoms with Gasteiger partial charge in [-0.3, -0.25) is 0 Å². The molecule has 0 spiro atoms. The van der Waals surface area contributed by atoms with Crippen LogP contribution in [0.2, 0.25) is 0 Å². The van der Waals surface area contributed by atoms with Crippen LogP contribution in [0, 0.1) is 0 Å². The Bertz CT molecular complexity index is 754. The van der Waals surface area contributed by atoms with Gasteiger partial charge < -0.3 is 15.6 Å². The van der Waals surface area contributed by atoms with Crippen LogP contribution in [-0.2, 0) is 5.41 Å². The second-order valence-electron chi connectivity index (χ2n) is 6.77. The molecule has 4 nitrogen and oxygen atoms in total. The van der Waals surface area contributed by atoms with Gasteiger partial charge in [0.05, 0.1) is 26.5 Å². The molecule has 2 heterocycles. The SMILES string of the molecule is [2H]C(=C1CNC(=Cc2ccccc2)CN1)c1nc[nH]c1C(C)(C)C. The number of aromatic nitrogens is 2. The average molecular weight is 309 g/mol. The number of aromatic amines is 1. The first-order chi connectivity index (χ1) is 11.4. The summed E-state index contributed by atoms with van der Waals surface area (Å²) in [6, 6.07) is 10.7. The smallest absolute Gasteiger partial charge is 0.0929 e. The first-order valence-electron chi connectivity index (χ1n) is 8.42. The van der Waals surface area contributed by atoms with E-state index in [0.717, 1.165) is 22.8 Å². The molecule has 1 aliphatic heterocycles. The Hall–Kier alpha value is -2.49. The molecule has 23 heavy (non-hydrogen) atoms. The van der Waals surface area contributed by atoms with Crippen LogP contribution in [0.25, 0.3) is 12.1 Å². The standard InChI is InChI=1S/C19H24N4/c1-19(2,3)18-17(22-13-23-18)10-16-12-20-15(11-21-16)9-14-7-5-4-6-8-14/h4-10,13,20-21H,11-12H2,1-3H3,(H,22,23)/i10D. The van der Waals surface area contributed by atoms with Gasteiger partial charge in [0.15, 0.2) is 0 Å². The second-order valence-corrected chi connectivity index (χ2v) is 6.77. The fourth-order valence-corrected chi connectivity index (χ4v) is 2.57. The highest BCUT2D eigenvalue weighted by molar-refractivity contribution is 5.56. The van der Waals surface area contributed by atoms with E-state index in [2.05, 4.69) is 59.6 Å². The first kappa shape index (κ1) is 14.1. The predicted molar refractivity (Wildman–Crippen MR) is 95.7 cm³/mol. The van der Waals surface area contributed by atoms with Crippen molar-refractivity contribution < 1.29 is 1.37 Å². The summed E-state index contributed by atoms with van der Waals surface area (Å²) in [6.07, 6.45) is 3.80. The zero-order valence-electron chi connectivity index (χ0n) is 14.9. The largest absolute Gasteiger partial charge is 0.381 e. The molecule has 120 valence electrons. The Kier molecular flexibility index (Phi) is 3.88. The number of piperazine rings is 1. The lowest BCUT2D eigenvalue weighted by Gasteiger charge is -2.23. The van der Waals surface area contributed by atoms with Gasteiger partial charge >= 0.3 is 0 Å². The number of imidazole rings is 1. The van der Waals surface area contributed by atoms with Gasteiger partial charge in [-0.05, 0) is 17.7 Å². The van der Waals surface area contributed by atoms with Crippen LogP contribution < -0.4 is 10.6 Å². The Balaban J connectivity index is 1.78. The number of benzene rings is 1. The van der Waals surface area contributed by atoms with Crippen molar-refractivity contribution in [3.8, 4) is 0 Å². The van der Waals surface area contributed by atoms with Crippen LogP contribution in [-0.4, -0.2) is 23.1 Å². The highest BCUT2D eigenvalue weighted by Gasteiger charge is 2.20. The number of hydrogen-bond donors (Lipinski definition) is 3. The van der Waals surface area contributed by atoms with E-state index in [-0.39, 0.29) is 5.41 Å². The van der Waals surface area contributed by atoms with Gasteiger partial charge in [0.25, 0.3) is 0 Å². The van der Waals surface area contributed by atoms with Crippen molar-refractivity contribution in [1.29, 1.82) is 0 Å². The van der Waals surface area contributed by atoms with E-state index in [1.165, 1.54) is 5.56 Å². The maximum Gasteiger partial charge on any atom is 0.0929 e. The minimum absolute atomic E-state index is 0.0703. The van der Waals surface area contributed by atoms with Crippen LogP contribution in [0.3, 0.4) is 0 Å². The fraction of sp³-hybridized carbons (Fsp3) is 0.316. The van der Waals surface area contributed by atoms with Crippen molar-refractivity contribution in [2.45, 2.75) is 26.2 Å². The summed E-state index contributed by atoms with van der Waals surface area (Å²) in [5.74, 6) is 0. The van der Waals surface area contributed by atoms with Gasteiger partial charge in [-0.25, -0.2) is 4.98 Å². The van der Waals surface area contributed by atoms with E-state index >= 15 is 0 Å². The van der Waals surface area contributed by atoms with Gasteiger partial charge in [-0.2, -0.15) is 0 Å². The number of nitrogens with zero attached hydrogens (tertiary/aromatic N) is 1. The summed E-state index contributed by atoms with van der Waals surface area (Å²) in [7, 11) is 0. The van der Waals surface area contributed by atoms with E-state index in [1.54, 1.807) is 6.33 Å². The van der Waals surface area contributed by atoms with E-state index in [0.29, 0.717) is 19.1 Å². The van der Waals surface area contributed by atoms with Crippen molar-refractivity contribution in [3.63, 3.8) is 0 Å². The van der Waals surface area contributed by atoms with Gasteiger partial charge in [-0.1, -0.05) is 51.1 Å². The number of nitrogens with one attached hydrogen (secondary N) is 3. The zero-order valence-corrected chi connectivity index (χ0v) is 13.9. The summed E-state index contributed by atoms with van der Waals surface area (Å²) < 4.78 is 8.51. The van der Waals surface area contributed by atoms with Crippen molar-refractivity contribution in [2.24, 2.45) is 0 Å². The normalized spacial score (nSPS) is 19.8. The summed E-state index contributed by atoms with van der Waals surface area (Å²) in [4.78, 5) is 7.54. The van der Waals surface area contributed by atoms with E-state index in [1.807, 2.05) is 18.2 Å². The number of hydrogen-bond acceptors (Lipinski definition) is 3. The Labute approximate surface area is 139 Å². The molecule has 0 unspecified atom stereocenters. The lowest BCUT2D eigenvalue weighted by atomic mass is 9.90. The van der Waals surface area contributed by atoms with Crippen LogP contribution in [0.1, 0.15) is 39.1 Å². The minimum atomic E-state index is -0.0703. The van der Waals surface area contributed by atoms with E-state index in [4.69, 9.17) is 1.37 Å². The highest BCUT2D eigenvalue weighted by atomic mass is 15.0. The maximum absolute atomic E-state index is 8.51. The van der Waals surface area contributed by atoms with E-state index in [9.17, 15) is 0 Å².